The second kappa shape index (κ2) is 5.13. The lowest BCUT2D eigenvalue weighted by Crippen LogP contribution is -2.11. The number of halogens is 1. The Hall–Kier alpha value is -0.960. The van der Waals surface area contributed by atoms with Gasteiger partial charge in [-0.25, -0.2) is 0 Å². The van der Waals surface area contributed by atoms with Gasteiger partial charge in [-0.15, -0.1) is 0 Å². The molecule has 0 spiro atoms. The van der Waals surface area contributed by atoms with Crippen molar-refractivity contribution in [2.24, 2.45) is 0 Å². The maximum atomic E-state index is 4.40. The van der Waals surface area contributed by atoms with E-state index in [0.29, 0.717) is 10.7 Å². The summed E-state index contributed by atoms with van der Waals surface area (Å²) in [5.74, 6) is 0.373. The molecule has 0 saturated carbocycles. The van der Waals surface area contributed by atoms with Gasteiger partial charge in [-0.3, -0.25) is 0 Å². The zero-order chi connectivity index (χ0) is 12.4. The molecule has 17 heavy (non-hydrogen) atoms. The van der Waals surface area contributed by atoms with Gasteiger partial charge in [-0.1, -0.05) is 54.0 Å². The van der Waals surface area contributed by atoms with E-state index < -0.39 is 0 Å². The van der Waals surface area contributed by atoms with Gasteiger partial charge in [0.25, 0.3) is 0 Å². The van der Waals surface area contributed by atoms with Crippen LogP contribution in [0.25, 0.3) is 10.8 Å². The predicted octanol–water partition coefficient (Wildman–Crippen LogP) is 4.22. The van der Waals surface area contributed by atoms with Crippen molar-refractivity contribution in [3.05, 3.63) is 35.7 Å². The first-order chi connectivity index (χ1) is 8.15. The summed E-state index contributed by atoms with van der Waals surface area (Å²) in [7, 11) is 0. The summed E-state index contributed by atoms with van der Waals surface area (Å²) in [6.45, 7) is 6.39. The van der Waals surface area contributed by atoms with Crippen molar-refractivity contribution < 1.29 is 0 Å². The molecule has 0 aliphatic carbocycles. The number of alkyl halides is 1. The number of aryl methyl sites for hydroxylation is 1. The van der Waals surface area contributed by atoms with Gasteiger partial charge in [-0.05, 0) is 13.3 Å². The van der Waals surface area contributed by atoms with E-state index in [9.17, 15) is 0 Å². The normalized spacial score (nSPS) is 14.8. The van der Waals surface area contributed by atoms with Gasteiger partial charge in [0, 0.05) is 21.5 Å². The summed E-state index contributed by atoms with van der Waals surface area (Å²) >= 11 is 3.72. The molecule has 0 amide bonds. The standard InChI is InChI=1S/C14H17BrN2/c1-4-13(15)9(2)14-12-8-6-5-7-11(12)10(3)16-17-14/h5-9,13H,4H2,1-3H3. The third-order valence-corrected chi connectivity index (χ3v) is 4.70. The quantitative estimate of drug-likeness (QED) is 0.792. The highest BCUT2D eigenvalue weighted by Crippen LogP contribution is 2.30. The molecule has 3 heteroatoms. The molecule has 90 valence electrons. The van der Waals surface area contributed by atoms with Crippen LogP contribution in [0.15, 0.2) is 24.3 Å². The van der Waals surface area contributed by atoms with Crippen LogP contribution >= 0.6 is 15.9 Å². The van der Waals surface area contributed by atoms with Crippen LogP contribution in [0.2, 0.25) is 0 Å². The number of fused-ring (bicyclic) bond motifs is 1. The van der Waals surface area contributed by atoms with E-state index >= 15 is 0 Å². The van der Waals surface area contributed by atoms with E-state index in [1.54, 1.807) is 0 Å². The summed E-state index contributed by atoms with van der Waals surface area (Å²) in [6, 6.07) is 8.37. The predicted molar refractivity (Wildman–Crippen MR) is 75.7 cm³/mol. The second-order valence-electron chi connectivity index (χ2n) is 4.43. The van der Waals surface area contributed by atoms with Crippen LogP contribution in [0.5, 0.6) is 0 Å². The van der Waals surface area contributed by atoms with Crippen molar-refractivity contribution in [2.75, 3.05) is 0 Å². The summed E-state index contributed by atoms with van der Waals surface area (Å²) in [4.78, 5) is 0.447. The smallest absolute Gasteiger partial charge is 0.0748 e. The van der Waals surface area contributed by atoms with Crippen molar-refractivity contribution in [1.29, 1.82) is 0 Å². The van der Waals surface area contributed by atoms with Crippen molar-refractivity contribution in [2.45, 2.75) is 37.9 Å². The van der Waals surface area contributed by atoms with Gasteiger partial charge in [0.05, 0.1) is 11.4 Å². The molecular weight excluding hydrogens is 276 g/mol. The maximum absolute atomic E-state index is 4.40. The van der Waals surface area contributed by atoms with Gasteiger partial charge < -0.3 is 0 Å². The lowest BCUT2D eigenvalue weighted by atomic mass is 9.97. The fourth-order valence-corrected chi connectivity index (χ4v) is 2.37. The van der Waals surface area contributed by atoms with Crippen molar-refractivity contribution >= 4 is 26.7 Å². The summed E-state index contributed by atoms with van der Waals surface area (Å²) < 4.78 is 0. The zero-order valence-electron chi connectivity index (χ0n) is 10.4. The number of hydrogen-bond donors (Lipinski definition) is 0. The topological polar surface area (TPSA) is 25.8 Å². The Morgan fingerprint density at radius 2 is 1.82 bits per heavy atom. The summed E-state index contributed by atoms with van der Waals surface area (Å²) in [5.41, 5.74) is 2.09. The third-order valence-electron chi connectivity index (χ3n) is 3.26. The monoisotopic (exact) mass is 292 g/mol. The molecule has 2 aromatic rings. The van der Waals surface area contributed by atoms with Crippen LogP contribution < -0.4 is 0 Å². The third kappa shape index (κ3) is 2.34. The Kier molecular flexibility index (Phi) is 3.77. The molecule has 0 fully saturated rings. The number of benzene rings is 1. The average Bonchev–Trinajstić information content (AvgIpc) is 2.38. The molecule has 0 aliphatic heterocycles. The first-order valence-electron chi connectivity index (χ1n) is 6.01. The van der Waals surface area contributed by atoms with E-state index in [1.165, 1.54) is 10.8 Å². The van der Waals surface area contributed by atoms with Crippen LogP contribution in [0.3, 0.4) is 0 Å². The first-order valence-corrected chi connectivity index (χ1v) is 6.92. The Bertz CT molecular complexity index is 525. The van der Waals surface area contributed by atoms with E-state index in [1.807, 2.05) is 6.92 Å². The highest BCUT2D eigenvalue weighted by molar-refractivity contribution is 9.09. The summed E-state index contributed by atoms with van der Waals surface area (Å²) in [5, 5.41) is 11.1. The van der Waals surface area contributed by atoms with Gasteiger partial charge in [0.15, 0.2) is 0 Å². The molecule has 2 nitrogen and oxygen atoms in total. The number of rotatable bonds is 3. The minimum Gasteiger partial charge on any atom is -0.155 e. The minimum atomic E-state index is 0.373. The lowest BCUT2D eigenvalue weighted by Gasteiger charge is -2.17. The zero-order valence-corrected chi connectivity index (χ0v) is 12.0. The van der Waals surface area contributed by atoms with Gasteiger partial charge >= 0.3 is 0 Å². The fourth-order valence-electron chi connectivity index (χ4n) is 2.12. The van der Waals surface area contributed by atoms with Crippen LogP contribution in [-0.2, 0) is 0 Å². The number of aromatic nitrogens is 2. The molecule has 0 radical (unpaired) electrons. The molecule has 0 N–H and O–H groups in total. The van der Waals surface area contributed by atoms with Gasteiger partial charge in [0.1, 0.15) is 0 Å². The molecule has 1 heterocycles. The summed E-state index contributed by atoms with van der Waals surface area (Å²) in [6.07, 6.45) is 1.09. The molecule has 2 rings (SSSR count). The molecule has 2 atom stereocenters. The molecule has 1 aromatic heterocycles. The molecule has 1 aromatic carbocycles. The second-order valence-corrected chi connectivity index (χ2v) is 5.61. The maximum Gasteiger partial charge on any atom is 0.0748 e. The number of hydrogen-bond acceptors (Lipinski definition) is 2. The number of nitrogens with zero attached hydrogens (tertiary/aromatic N) is 2. The fraction of sp³-hybridized carbons (Fsp3) is 0.429. The highest BCUT2D eigenvalue weighted by Gasteiger charge is 2.19. The molecular formula is C14H17BrN2. The van der Waals surface area contributed by atoms with Crippen LogP contribution in [0.4, 0.5) is 0 Å². The first kappa shape index (κ1) is 12.5. The molecule has 0 aliphatic rings. The Balaban J connectivity index is 2.59. The Morgan fingerprint density at radius 1 is 1.18 bits per heavy atom. The molecule has 2 unspecified atom stereocenters. The van der Waals surface area contributed by atoms with Crippen LogP contribution in [0, 0.1) is 6.92 Å². The van der Waals surface area contributed by atoms with E-state index in [2.05, 4.69) is 64.2 Å². The largest absolute Gasteiger partial charge is 0.155 e. The lowest BCUT2D eigenvalue weighted by molar-refractivity contribution is 0.667. The van der Waals surface area contributed by atoms with E-state index in [-0.39, 0.29) is 0 Å². The van der Waals surface area contributed by atoms with Crippen molar-refractivity contribution in [3.63, 3.8) is 0 Å². The SMILES string of the molecule is CCC(Br)C(C)c1nnc(C)c2ccccc12. The Labute approximate surface area is 111 Å². The van der Waals surface area contributed by atoms with E-state index in [4.69, 9.17) is 0 Å². The van der Waals surface area contributed by atoms with E-state index in [0.717, 1.165) is 17.8 Å². The van der Waals surface area contributed by atoms with Crippen molar-refractivity contribution in [3.8, 4) is 0 Å². The minimum absolute atomic E-state index is 0.373. The van der Waals surface area contributed by atoms with Crippen molar-refractivity contribution in [1.82, 2.24) is 10.2 Å². The van der Waals surface area contributed by atoms with Crippen LogP contribution in [0.1, 0.15) is 37.6 Å². The Morgan fingerprint density at radius 3 is 2.47 bits per heavy atom. The molecule has 0 bridgehead atoms. The average molecular weight is 293 g/mol. The van der Waals surface area contributed by atoms with Gasteiger partial charge in [0.2, 0.25) is 0 Å². The van der Waals surface area contributed by atoms with Gasteiger partial charge in [-0.2, -0.15) is 10.2 Å². The highest BCUT2D eigenvalue weighted by atomic mass is 79.9. The van der Waals surface area contributed by atoms with Crippen LogP contribution in [-0.4, -0.2) is 15.0 Å². The molecule has 0 saturated heterocycles.